The molecule has 1 fully saturated rings. The van der Waals surface area contributed by atoms with Crippen molar-refractivity contribution >= 4 is 21.6 Å². The summed E-state index contributed by atoms with van der Waals surface area (Å²) in [6.07, 6.45) is 0.980. The molecule has 1 atom stereocenters. The average Bonchev–Trinajstić information content (AvgIpc) is 3.14. The molecule has 150 valence electrons. The molecule has 0 bridgehead atoms. The minimum absolute atomic E-state index is 0.0301. The lowest BCUT2D eigenvalue weighted by Gasteiger charge is -2.23. The fourth-order valence-electron chi connectivity index (χ4n) is 3.08. The van der Waals surface area contributed by atoms with Gasteiger partial charge in [-0.25, -0.2) is 8.42 Å². The van der Waals surface area contributed by atoms with E-state index >= 15 is 0 Å². The van der Waals surface area contributed by atoms with E-state index in [9.17, 15) is 22.0 Å². The van der Waals surface area contributed by atoms with Crippen LogP contribution in [0.1, 0.15) is 18.4 Å². The first-order valence-electron chi connectivity index (χ1n) is 8.71. The number of ether oxygens (including phenoxy) is 1. The van der Waals surface area contributed by atoms with Crippen molar-refractivity contribution in [2.75, 3.05) is 11.9 Å². The van der Waals surface area contributed by atoms with Crippen molar-refractivity contribution in [1.29, 1.82) is 0 Å². The van der Waals surface area contributed by atoms with Crippen LogP contribution in [0, 0.1) is 6.92 Å². The van der Waals surface area contributed by atoms with Crippen LogP contribution in [0.5, 0.6) is 5.75 Å². The van der Waals surface area contributed by atoms with E-state index in [0.717, 1.165) is 5.56 Å². The van der Waals surface area contributed by atoms with E-state index in [0.29, 0.717) is 18.5 Å². The highest BCUT2D eigenvalue weighted by molar-refractivity contribution is 7.89. The average molecular weight is 410 g/mol. The molecule has 28 heavy (non-hydrogen) atoms. The van der Waals surface area contributed by atoms with Crippen molar-refractivity contribution in [2.24, 2.45) is 0 Å². The zero-order chi connectivity index (χ0) is 20.3. The van der Waals surface area contributed by atoms with Gasteiger partial charge in [0.25, 0.3) is 0 Å². The summed E-state index contributed by atoms with van der Waals surface area (Å²) < 4.78 is 55.7. The van der Waals surface area contributed by atoms with Gasteiger partial charge in [-0.2, -0.15) is 13.1 Å². The summed E-state index contributed by atoms with van der Waals surface area (Å²) in [5, 5.41) is 2.64. The molecular weight excluding hydrogens is 390 g/mol. The van der Waals surface area contributed by atoms with Gasteiger partial charge < -0.3 is 10.1 Å². The monoisotopic (exact) mass is 410 g/mol. The van der Waals surface area contributed by atoms with Crippen LogP contribution in [0.15, 0.2) is 53.4 Å². The molecule has 1 amide bonds. The smallest absolute Gasteiger partial charge is 0.387 e. The Morgan fingerprint density at radius 1 is 1.14 bits per heavy atom. The number of anilines is 1. The Morgan fingerprint density at radius 2 is 1.79 bits per heavy atom. The lowest BCUT2D eigenvalue weighted by Crippen LogP contribution is -2.43. The molecule has 1 aliphatic rings. The Hall–Kier alpha value is -2.52. The predicted molar refractivity (Wildman–Crippen MR) is 99.8 cm³/mol. The van der Waals surface area contributed by atoms with Gasteiger partial charge in [0.2, 0.25) is 15.9 Å². The lowest BCUT2D eigenvalue weighted by molar-refractivity contribution is -0.119. The number of amides is 1. The van der Waals surface area contributed by atoms with Gasteiger partial charge in [0, 0.05) is 12.2 Å². The Kier molecular flexibility index (Phi) is 5.95. The molecule has 1 aliphatic heterocycles. The van der Waals surface area contributed by atoms with Crippen molar-refractivity contribution in [3.05, 3.63) is 54.1 Å². The maximum atomic E-state index is 12.9. The Balaban J connectivity index is 1.73. The number of alkyl halides is 2. The van der Waals surface area contributed by atoms with E-state index in [1.54, 1.807) is 12.1 Å². The Morgan fingerprint density at radius 3 is 2.39 bits per heavy atom. The van der Waals surface area contributed by atoms with Gasteiger partial charge in [-0.3, -0.25) is 4.79 Å². The van der Waals surface area contributed by atoms with E-state index in [2.05, 4.69) is 10.1 Å². The van der Waals surface area contributed by atoms with Gasteiger partial charge in [-0.05, 0) is 56.2 Å². The molecule has 1 saturated heterocycles. The highest BCUT2D eigenvalue weighted by Crippen LogP contribution is 2.27. The van der Waals surface area contributed by atoms with Crippen molar-refractivity contribution in [2.45, 2.75) is 37.3 Å². The summed E-state index contributed by atoms with van der Waals surface area (Å²) in [5.41, 5.74) is 1.31. The van der Waals surface area contributed by atoms with Crippen LogP contribution in [-0.2, 0) is 14.8 Å². The van der Waals surface area contributed by atoms with Crippen LogP contribution >= 0.6 is 0 Å². The first-order valence-corrected chi connectivity index (χ1v) is 10.2. The number of hydrogen-bond donors (Lipinski definition) is 1. The number of rotatable bonds is 6. The molecule has 0 radical (unpaired) electrons. The molecule has 1 N–H and O–H groups in total. The summed E-state index contributed by atoms with van der Waals surface area (Å²) in [4.78, 5) is 12.8. The predicted octanol–water partition coefficient (Wildman–Crippen LogP) is 3.39. The molecule has 0 saturated carbocycles. The van der Waals surface area contributed by atoms with E-state index in [1.165, 1.54) is 40.7 Å². The van der Waals surface area contributed by atoms with Gasteiger partial charge in [-0.1, -0.05) is 17.7 Å². The minimum atomic E-state index is -3.79. The maximum Gasteiger partial charge on any atom is 0.387 e. The first kappa shape index (κ1) is 20.2. The van der Waals surface area contributed by atoms with Crippen LogP contribution in [0.3, 0.4) is 0 Å². The van der Waals surface area contributed by atoms with E-state index < -0.39 is 28.6 Å². The lowest BCUT2D eigenvalue weighted by atomic mass is 10.2. The summed E-state index contributed by atoms with van der Waals surface area (Å²) in [6, 6.07) is 11.1. The molecule has 0 aromatic heterocycles. The third-order valence-electron chi connectivity index (χ3n) is 4.48. The number of carbonyl (C=O) groups is 1. The van der Waals surface area contributed by atoms with Gasteiger partial charge in [0.05, 0.1) is 4.90 Å². The van der Waals surface area contributed by atoms with Crippen LogP contribution in [-0.4, -0.2) is 37.8 Å². The first-order chi connectivity index (χ1) is 13.3. The topological polar surface area (TPSA) is 75.7 Å². The molecule has 2 aromatic rings. The second-order valence-electron chi connectivity index (χ2n) is 6.48. The summed E-state index contributed by atoms with van der Waals surface area (Å²) in [5.74, 6) is -0.492. The zero-order valence-corrected chi connectivity index (χ0v) is 16.0. The van der Waals surface area contributed by atoms with Crippen LogP contribution in [0.25, 0.3) is 0 Å². The number of aryl methyl sites for hydroxylation is 1. The van der Waals surface area contributed by atoms with Crippen molar-refractivity contribution in [3.8, 4) is 5.75 Å². The quantitative estimate of drug-likeness (QED) is 0.792. The normalized spacial score (nSPS) is 17.6. The molecule has 2 aromatic carbocycles. The zero-order valence-electron chi connectivity index (χ0n) is 15.1. The summed E-state index contributed by atoms with van der Waals surface area (Å²) in [6.45, 7) is -0.810. The molecule has 1 heterocycles. The molecule has 9 heteroatoms. The van der Waals surface area contributed by atoms with Crippen LogP contribution in [0.2, 0.25) is 0 Å². The Labute approximate surface area is 162 Å². The Bertz CT molecular complexity index is 931. The van der Waals surface area contributed by atoms with E-state index in [1.807, 2.05) is 6.92 Å². The number of nitrogens with one attached hydrogen (secondary N) is 1. The number of benzene rings is 2. The third kappa shape index (κ3) is 4.48. The standard InChI is InChI=1S/C19H20F2N2O4S/c1-13-4-10-16(11-5-13)28(25,26)23-12-2-3-17(23)18(24)22-14-6-8-15(9-7-14)27-19(20)21/h4-11,17,19H,2-3,12H2,1H3,(H,22,24)/t17-/m1/s1. The molecule has 0 aliphatic carbocycles. The van der Waals surface area contributed by atoms with Gasteiger partial charge in [0.1, 0.15) is 11.8 Å². The van der Waals surface area contributed by atoms with Crippen molar-refractivity contribution in [3.63, 3.8) is 0 Å². The number of hydrogen-bond acceptors (Lipinski definition) is 4. The second-order valence-corrected chi connectivity index (χ2v) is 8.37. The van der Waals surface area contributed by atoms with Crippen molar-refractivity contribution < 1.29 is 26.7 Å². The summed E-state index contributed by atoms with van der Waals surface area (Å²) in [7, 11) is -3.79. The molecule has 3 rings (SSSR count). The number of halogens is 2. The van der Waals surface area contributed by atoms with Crippen LogP contribution in [0.4, 0.5) is 14.5 Å². The fourth-order valence-corrected chi connectivity index (χ4v) is 4.74. The molecule has 6 nitrogen and oxygen atoms in total. The van der Waals surface area contributed by atoms with Gasteiger partial charge in [-0.15, -0.1) is 0 Å². The van der Waals surface area contributed by atoms with Gasteiger partial charge >= 0.3 is 6.61 Å². The fraction of sp³-hybridized carbons (Fsp3) is 0.316. The third-order valence-corrected chi connectivity index (χ3v) is 6.40. The maximum absolute atomic E-state index is 12.9. The van der Waals surface area contributed by atoms with E-state index in [4.69, 9.17) is 0 Å². The SMILES string of the molecule is Cc1ccc(S(=O)(=O)N2CCC[C@@H]2C(=O)Nc2ccc(OC(F)F)cc2)cc1. The highest BCUT2D eigenvalue weighted by atomic mass is 32.2. The van der Waals surface area contributed by atoms with Gasteiger partial charge in [0.15, 0.2) is 0 Å². The molecule has 0 spiro atoms. The van der Waals surface area contributed by atoms with Crippen molar-refractivity contribution in [1.82, 2.24) is 4.31 Å². The molecular formula is C19H20F2N2O4S. The van der Waals surface area contributed by atoms with E-state index in [-0.39, 0.29) is 17.2 Å². The molecule has 0 unspecified atom stereocenters. The summed E-state index contributed by atoms with van der Waals surface area (Å²) >= 11 is 0. The van der Waals surface area contributed by atoms with Crippen LogP contribution < -0.4 is 10.1 Å². The largest absolute Gasteiger partial charge is 0.435 e. The highest BCUT2D eigenvalue weighted by Gasteiger charge is 2.39. The number of nitrogens with zero attached hydrogens (tertiary/aromatic N) is 1. The second kappa shape index (κ2) is 8.24. The minimum Gasteiger partial charge on any atom is -0.435 e. The number of carbonyl (C=O) groups excluding carboxylic acids is 1. The number of sulfonamides is 1.